The Morgan fingerprint density at radius 3 is 2.65 bits per heavy atom. The number of halogens is 2. The van der Waals surface area contributed by atoms with Crippen LogP contribution in [0.3, 0.4) is 0 Å². The molecule has 3 rings (SSSR count). The summed E-state index contributed by atoms with van der Waals surface area (Å²) >= 11 is 0. The lowest BCUT2D eigenvalue weighted by Gasteiger charge is -2.41. The Balaban J connectivity index is 1.59. The molecule has 9 nitrogen and oxygen atoms in total. The number of aromatic nitrogens is 3. The van der Waals surface area contributed by atoms with E-state index in [1.165, 1.54) is 17.7 Å². The number of alkyl halides is 2. The molecule has 0 spiro atoms. The molecule has 0 bridgehead atoms. The van der Waals surface area contributed by atoms with Gasteiger partial charge in [0.15, 0.2) is 0 Å². The fourth-order valence-electron chi connectivity index (χ4n) is 4.09. The number of rotatable bonds is 9. The fourth-order valence-corrected chi connectivity index (χ4v) is 4.09. The van der Waals surface area contributed by atoms with Crippen LogP contribution in [-0.2, 0) is 24.9 Å². The zero-order chi connectivity index (χ0) is 25.0. The van der Waals surface area contributed by atoms with E-state index in [0.29, 0.717) is 24.2 Å². The Labute approximate surface area is 195 Å². The van der Waals surface area contributed by atoms with Crippen molar-refractivity contribution in [2.75, 3.05) is 6.54 Å². The quantitative estimate of drug-likeness (QED) is 0.584. The summed E-state index contributed by atoms with van der Waals surface area (Å²) in [6, 6.07) is 6.45. The third-order valence-electron chi connectivity index (χ3n) is 5.96. The second kappa shape index (κ2) is 10.9. The van der Waals surface area contributed by atoms with Gasteiger partial charge in [0.1, 0.15) is 11.6 Å². The predicted molar refractivity (Wildman–Crippen MR) is 121 cm³/mol. The molecule has 11 heteroatoms. The number of β-amino-alcohol motifs (C(OH)–C–C–N with tert-alkyl or cyclic N) is 1. The van der Waals surface area contributed by atoms with Crippen molar-refractivity contribution >= 4 is 0 Å². The molecular weight excluding hydrogens is 450 g/mol. The molecule has 0 aliphatic carbocycles. The van der Waals surface area contributed by atoms with Gasteiger partial charge in [0.25, 0.3) is 0 Å². The second-order valence-corrected chi connectivity index (χ2v) is 8.47. The molecule has 1 aliphatic rings. The molecule has 2 aromatic rings. The van der Waals surface area contributed by atoms with Crippen LogP contribution in [0, 0.1) is 6.92 Å². The van der Waals surface area contributed by atoms with E-state index in [-0.39, 0.29) is 37.6 Å². The molecule has 1 aromatic carbocycles. The van der Waals surface area contributed by atoms with Crippen molar-refractivity contribution in [2.24, 2.45) is 7.05 Å². The number of ether oxygens (including phenoxy) is 2. The summed E-state index contributed by atoms with van der Waals surface area (Å²) in [5.41, 5.74) is 0.0289. The smallest absolute Gasteiger partial charge is 0.387 e. The Morgan fingerprint density at radius 2 is 1.97 bits per heavy atom. The van der Waals surface area contributed by atoms with E-state index >= 15 is 0 Å². The third kappa shape index (κ3) is 6.09. The summed E-state index contributed by atoms with van der Waals surface area (Å²) in [4.78, 5) is 30.2. The standard InChI is InChI=1S/C23H30F2N4O5/c1-14-9-19(33-13-17-7-5-6-8-20(17)34-21(24)25)10-15(2)28(14)11-18(30)12-29-22(31)26-16(3)27(4)23(29)32/h5-8,15,18-19,21,30H,1,9-13H2,2-4H3. The number of hydrogen-bond donors (Lipinski definition) is 1. The van der Waals surface area contributed by atoms with E-state index in [9.17, 15) is 23.5 Å². The first kappa shape index (κ1) is 25.6. The summed E-state index contributed by atoms with van der Waals surface area (Å²) in [7, 11) is 1.51. The molecule has 1 aromatic heterocycles. The van der Waals surface area contributed by atoms with Gasteiger partial charge >= 0.3 is 18.0 Å². The summed E-state index contributed by atoms with van der Waals surface area (Å²) in [6.45, 7) is 4.81. The fraction of sp³-hybridized carbons (Fsp3) is 0.522. The van der Waals surface area contributed by atoms with Gasteiger partial charge in [-0.2, -0.15) is 13.8 Å². The van der Waals surface area contributed by atoms with Crippen LogP contribution < -0.4 is 16.1 Å². The summed E-state index contributed by atoms with van der Waals surface area (Å²) in [6.07, 6.45) is -0.0724. The molecule has 3 atom stereocenters. The second-order valence-electron chi connectivity index (χ2n) is 8.47. The Morgan fingerprint density at radius 1 is 1.26 bits per heavy atom. The van der Waals surface area contributed by atoms with Crippen LogP contribution in [0.15, 0.2) is 46.1 Å². The minimum atomic E-state index is -2.91. The minimum Gasteiger partial charge on any atom is -0.434 e. The van der Waals surface area contributed by atoms with Crippen LogP contribution in [0.1, 0.15) is 31.2 Å². The molecule has 0 amide bonds. The highest BCUT2D eigenvalue weighted by Gasteiger charge is 2.30. The van der Waals surface area contributed by atoms with Gasteiger partial charge in [-0.1, -0.05) is 24.8 Å². The van der Waals surface area contributed by atoms with Crippen molar-refractivity contribution < 1.29 is 23.4 Å². The maximum Gasteiger partial charge on any atom is 0.387 e. The van der Waals surface area contributed by atoms with Gasteiger partial charge in [-0.25, -0.2) is 14.2 Å². The normalized spacial score (nSPS) is 19.5. The Hall–Kier alpha value is -3.05. The summed E-state index contributed by atoms with van der Waals surface area (Å²) < 4.78 is 37.9. The van der Waals surface area contributed by atoms with Crippen molar-refractivity contribution in [3.63, 3.8) is 0 Å². The Kier molecular flexibility index (Phi) is 8.21. The average Bonchev–Trinajstić information content (AvgIpc) is 2.77. The minimum absolute atomic E-state index is 0.0378. The van der Waals surface area contributed by atoms with Gasteiger partial charge in [0.2, 0.25) is 0 Å². The SMILES string of the molecule is C=C1CC(OCc2ccccc2OC(F)F)CC(C)N1CC(O)Cn1c(=O)nc(C)n(C)c1=O. The van der Waals surface area contributed by atoms with Crippen LogP contribution in [0.5, 0.6) is 5.75 Å². The first-order valence-corrected chi connectivity index (χ1v) is 11.0. The van der Waals surface area contributed by atoms with Crippen molar-refractivity contribution in [1.29, 1.82) is 0 Å². The number of para-hydroxylation sites is 1. The lowest BCUT2D eigenvalue weighted by atomic mass is 9.97. The zero-order valence-corrected chi connectivity index (χ0v) is 19.5. The van der Waals surface area contributed by atoms with E-state index in [4.69, 9.17) is 4.74 Å². The van der Waals surface area contributed by atoms with Gasteiger partial charge in [0.05, 0.1) is 25.4 Å². The predicted octanol–water partition coefficient (Wildman–Crippen LogP) is 1.80. The number of piperidine rings is 1. The zero-order valence-electron chi connectivity index (χ0n) is 19.5. The van der Waals surface area contributed by atoms with Crippen LogP contribution in [0.25, 0.3) is 0 Å². The maximum absolute atomic E-state index is 12.6. The van der Waals surface area contributed by atoms with E-state index < -0.39 is 24.1 Å². The largest absolute Gasteiger partial charge is 0.434 e. The Bertz CT molecular complexity index is 1130. The summed E-state index contributed by atoms with van der Waals surface area (Å²) in [5, 5.41) is 10.6. The van der Waals surface area contributed by atoms with E-state index in [0.717, 1.165) is 10.3 Å². The molecule has 1 aliphatic heterocycles. The van der Waals surface area contributed by atoms with Crippen LogP contribution in [-0.4, -0.2) is 55.5 Å². The monoisotopic (exact) mass is 480 g/mol. The van der Waals surface area contributed by atoms with E-state index in [2.05, 4.69) is 16.3 Å². The van der Waals surface area contributed by atoms with E-state index in [1.807, 2.05) is 11.8 Å². The molecule has 0 radical (unpaired) electrons. The number of aryl methyl sites for hydroxylation is 1. The van der Waals surface area contributed by atoms with Gasteiger partial charge in [-0.15, -0.1) is 0 Å². The first-order valence-electron chi connectivity index (χ1n) is 11.0. The maximum atomic E-state index is 12.6. The number of likely N-dealkylation sites (tertiary alicyclic amines) is 1. The molecule has 0 saturated carbocycles. The molecule has 1 N–H and O–H groups in total. The average molecular weight is 481 g/mol. The first-order chi connectivity index (χ1) is 16.1. The highest BCUT2D eigenvalue weighted by Crippen LogP contribution is 2.29. The topological polar surface area (TPSA) is 98.8 Å². The molecular formula is C23H30F2N4O5. The third-order valence-corrected chi connectivity index (χ3v) is 5.96. The molecule has 2 heterocycles. The van der Waals surface area contributed by atoms with Gasteiger partial charge in [-0.3, -0.25) is 4.57 Å². The van der Waals surface area contributed by atoms with E-state index in [1.54, 1.807) is 25.1 Å². The lowest BCUT2D eigenvalue weighted by Crippen LogP contribution is -2.48. The van der Waals surface area contributed by atoms with Crippen LogP contribution >= 0.6 is 0 Å². The highest BCUT2D eigenvalue weighted by atomic mass is 19.3. The number of benzene rings is 1. The van der Waals surface area contributed by atoms with Crippen molar-refractivity contribution in [3.8, 4) is 5.75 Å². The summed E-state index contributed by atoms with van der Waals surface area (Å²) in [5.74, 6) is 0.380. The number of nitrogens with zero attached hydrogens (tertiary/aromatic N) is 4. The highest BCUT2D eigenvalue weighted by molar-refractivity contribution is 5.32. The van der Waals surface area contributed by atoms with Gasteiger partial charge in [-0.05, 0) is 26.3 Å². The van der Waals surface area contributed by atoms with Crippen molar-refractivity contribution in [1.82, 2.24) is 19.0 Å². The van der Waals surface area contributed by atoms with Crippen molar-refractivity contribution in [3.05, 3.63) is 68.9 Å². The van der Waals surface area contributed by atoms with Gasteiger partial charge in [0, 0.05) is 37.3 Å². The van der Waals surface area contributed by atoms with Gasteiger partial charge < -0.3 is 19.5 Å². The van der Waals surface area contributed by atoms with Crippen molar-refractivity contribution in [2.45, 2.75) is 64.7 Å². The molecule has 186 valence electrons. The number of aliphatic hydroxyl groups is 1. The lowest BCUT2D eigenvalue weighted by molar-refractivity contribution is -0.0532. The number of aliphatic hydroxyl groups excluding tert-OH is 1. The molecule has 34 heavy (non-hydrogen) atoms. The molecule has 1 fully saturated rings. The van der Waals surface area contributed by atoms with Crippen LogP contribution in [0.4, 0.5) is 8.78 Å². The number of hydrogen-bond acceptors (Lipinski definition) is 7. The molecule has 3 unspecified atom stereocenters. The molecule has 1 saturated heterocycles. The van der Waals surface area contributed by atoms with Crippen LogP contribution in [0.2, 0.25) is 0 Å².